The molecule has 0 aliphatic heterocycles. The third kappa shape index (κ3) is 4.03. The molecule has 0 spiro atoms. The second-order valence-electron chi connectivity index (χ2n) is 6.18. The minimum Gasteiger partial charge on any atom is -0.310 e. The molecule has 1 aliphatic rings. The SMILES string of the molecule is CC1(C)CCC(NCc2cccc(S(N)(=O)=O)c2)C1. The number of nitrogens with one attached hydrogen (secondary N) is 1. The Hall–Kier alpha value is -0.910. The van der Waals surface area contributed by atoms with Crippen LogP contribution in [-0.2, 0) is 16.6 Å². The predicted molar refractivity (Wildman–Crippen MR) is 76.1 cm³/mol. The lowest BCUT2D eigenvalue weighted by molar-refractivity contribution is 0.364. The first kappa shape index (κ1) is 14.5. The van der Waals surface area contributed by atoms with Gasteiger partial charge in [0.25, 0.3) is 0 Å². The van der Waals surface area contributed by atoms with Crippen LogP contribution >= 0.6 is 0 Å². The third-order valence-corrected chi connectivity index (χ3v) is 4.70. The Morgan fingerprint density at radius 3 is 2.74 bits per heavy atom. The van der Waals surface area contributed by atoms with Crippen LogP contribution in [0.15, 0.2) is 29.2 Å². The fraction of sp³-hybridized carbons (Fsp3) is 0.571. The number of rotatable bonds is 4. The van der Waals surface area contributed by atoms with E-state index in [1.807, 2.05) is 6.07 Å². The largest absolute Gasteiger partial charge is 0.310 e. The summed E-state index contributed by atoms with van der Waals surface area (Å²) in [6, 6.07) is 7.34. The fourth-order valence-electron chi connectivity index (χ4n) is 2.70. The molecule has 2 rings (SSSR count). The van der Waals surface area contributed by atoms with Gasteiger partial charge < -0.3 is 5.32 Å². The molecule has 4 nitrogen and oxygen atoms in total. The maximum Gasteiger partial charge on any atom is 0.238 e. The maximum atomic E-state index is 11.3. The molecule has 106 valence electrons. The minimum absolute atomic E-state index is 0.179. The second kappa shape index (κ2) is 5.23. The van der Waals surface area contributed by atoms with Gasteiger partial charge in [-0.25, -0.2) is 13.6 Å². The van der Waals surface area contributed by atoms with Gasteiger partial charge in [0.1, 0.15) is 0 Å². The summed E-state index contributed by atoms with van der Waals surface area (Å²) in [5, 5.41) is 8.63. The maximum absolute atomic E-state index is 11.3. The highest BCUT2D eigenvalue weighted by Crippen LogP contribution is 2.36. The number of sulfonamides is 1. The van der Waals surface area contributed by atoms with Gasteiger partial charge in [-0.2, -0.15) is 0 Å². The lowest BCUT2D eigenvalue weighted by atomic mass is 9.92. The van der Waals surface area contributed by atoms with Crippen molar-refractivity contribution in [2.24, 2.45) is 10.6 Å². The Labute approximate surface area is 115 Å². The van der Waals surface area contributed by atoms with Crippen LogP contribution in [0.2, 0.25) is 0 Å². The first-order valence-electron chi connectivity index (χ1n) is 6.61. The van der Waals surface area contributed by atoms with Crippen molar-refractivity contribution >= 4 is 10.0 Å². The van der Waals surface area contributed by atoms with Gasteiger partial charge >= 0.3 is 0 Å². The zero-order chi connectivity index (χ0) is 14.1. The first-order valence-corrected chi connectivity index (χ1v) is 8.16. The molecule has 5 heteroatoms. The molecule has 0 amide bonds. The standard InChI is InChI=1S/C14H22N2O2S/c1-14(2)7-6-12(9-14)16-10-11-4-3-5-13(8-11)19(15,17)18/h3-5,8,12,16H,6-7,9-10H2,1-2H3,(H2,15,17,18). The lowest BCUT2D eigenvalue weighted by Gasteiger charge is -2.18. The van der Waals surface area contributed by atoms with Gasteiger partial charge in [-0.05, 0) is 42.4 Å². The third-order valence-electron chi connectivity index (χ3n) is 3.79. The normalized spacial score (nSPS) is 22.6. The monoisotopic (exact) mass is 282 g/mol. The van der Waals surface area contributed by atoms with Crippen LogP contribution in [0.3, 0.4) is 0 Å². The van der Waals surface area contributed by atoms with E-state index in [9.17, 15) is 8.42 Å². The molecule has 1 aromatic carbocycles. The van der Waals surface area contributed by atoms with Crippen molar-refractivity contribution in [3.05, 3.63) is 29.8 Å². The van der Waals surface area contributed by atoms with E-state index >= 15 is 0 Å². The van der Waals surface area contributed by atoms with Crippen LogP contribution in [0, 0.1) is 5.41 Å². The number of nitrogens with two attached hydrogens (primary N) is 1. The van der Waals surface area contributed by atoms with Crippen molar-refractivity contribution in [3.8, 4) is 0 Å². The van der Waals surface area contributed by atoms with E-state index in [0.717, 1.165) is 5.56 Å². The van der Waals surface area contributed by atoms with Crippen molar-refractivity contribution in [2.45, 2.75) is 50.6 Å². The molecule has 1 fully saturated rings. The van der Waals surface area contributed by atoms with Crippen molar-refractivity contribution in [1.29, 1.82) is 0 Å². The molecule has 0 saturated heterocycles. The quantitative estimate of drug-likeness (QED) is 0.887. The van der Waals surface area contributed by atoms with Crippen molar-refractivity contribution in [3.63, 3.8) is 0 Å². The molecule has 0 radical (unpaired) electrons. The molecule has 1 aromatic rings. The number of hydrogen-bond acceptors (Lipinski definition) is 3. The summed E-state index contributed by atoms with van der Waals surface area (Å²) in [7, 11) is -3.61. The van der Waals surface area contributed by atoms with E-state index in [1.54, 1.807) is 12.1 Å². The number of primary sulfonamides is 1. The summed E-state index contributed by atoms with van der Waals surface area (Å²) in [4.78, 5) is 0.179. The van der Waals surface area contributed by atoms with Crippen LogP contribution in [-0.4, -0.2) is 14.5 Å². The van der Waals surface area contributed by atoms with E-state index in [4.69, 9.17) is 5.14 Å². The molecule has 0 bridgehead atoms. The molecule has 1 aliphatic carbocycles. The van der Waals surface area contributed by atoms with Gasteiger partial charge in [-0.15, -0.1) is 0 Å². The molecular formula is C14H22N2O2S. The Morgan fingerprint density at radius 1 is 1.42 bits per heavy atom. The van der Waals surface area contributed by atoms with Gasteiger partial charge in [0, 0.05) is 12.6 Å². The highest BCUT2D eigenvalue weighted by atomic mass is 32.2. The highest BCUT2D eigenvalue weighted by Gasteiger charge is 2.30. The average Bonchev–Trinajstić information content (AvgIpc) is 2.66. The highest BCUT2D eigenvalue weighted by molar-refractivity contribution is 7.89. The summed E-state index contributed by atoms with van der Waals surface area (Å²) in [5.41, 5.74) is 1.37. The number of benzene rings is 1. The van der Waals surface area contributed by atoms with Gasteiger partial charge in [0.15, 0.2) is 0 Å². The molecular weight excluding hydrogens is 260 g/mol. The second-order valence-corrected chi connectivity index (χ2v) is 7.74. The van der Waals surface area contributed by atoms with Crippen LogP contribution in [0.1, 0.15) is 38.7 Å². The molecule has 0 heterocycles. The van der Waals surface area contributed by atoms with E-state index < -0.39 is 10.0 Å². The van der Waals surface area contributed by atoms with Gasteiger partial charge in [0.2, 0.25) is 10.0 Å². The topological polar surface area (TPSA) is 72.2 Å². The zero-order valence-electron chi connectivity index (χ0n) is 11.5. The van der Waals surface area contributed by atoms with E-state index in [0.29, 0.717) is 18.0 Å². The van der Waals surface area contributed by atoms with E-state index in [2.05, 4.69) is 19.2 Å². The van der Waals surface area contributed by atoms with Gasteiger partial charge in [0.05, 0.1) is 4.90 Å². The van der Waals surface area contributed by atoms with Crippen LogP contribution < -0.4 is 10.5 Å². The summed E-state index contributed by atoms with van der Waals surface area (Å²) in [6.07, 6.45) is 3.59. The summed E-state index contributed by atoms with van der Waals surface area (Å²) < 4.78 is 22.6. The molecule has 1 atom stereocenters. The lowest BCUT2D eigenvalue weighted by Crippen LogP contribution is -2.27. The Kier molecular flexibility index (Phi) is 3.99. The van der Waals surface area contributed by atoms with E-state index in [-0.39, 0.29) is 4.90 Å². The first-order chi connectivity index (χ1) is 8.76. The molecule has 19 heavy (non-hydrogen) atoms. The minimum atomic E-state index is -3.61. The molecule has 0 aromatic heterocycles. The molecule has 1 saturated carbocycles. The summed E-state index contributed by atoms with van der Waals surface area (Å²) in [6.45, 7) is 5.26. The van der Waals surface area contributed by atoms with Crippen molar-refractivity contribution in [2.75, 3.05) is 0 Å². The van der Waals surface area contributed by atoms with Crippen LogP contribution in [0.4, 0.5) is 0 Å². The summed E-state index contributed by atoms with van der Waals surface area (Å²) in [5.74, 6) is 0. The van der Waals surface area contributed by atoms with Crippen LogP contribution in [0.5, 0.6) is 0 Å². The Bertz CT molecular complexity index is 552. The van der Waals surface area contributed by atoms with Gasteiger partial charge in [-0.1, -0.05) is 26.0 Å². The van der Waals surface area contributed by atoms with E-state index in [1.165, 1.54) is 25.3 Å². The molecule has 3 N–H and O–H groups in total. The Morgan fingerprint density at radius 2 is 2.16 bits per heavy atom. The van der Waals surface area contributed by atoms with Crippen molar-refractivity contribution in [1.82, 2.24) is 5.32 Å². The smallest absolute Gasteiger partial charge is 0.238 e. The van der Waals surface area contributed by atoms with Crippen LogP contribution in [0.25, 0.3) is 0 Å². The number of hydrogen-bond donors (Lipinski definition) is 2. The summed E-state index contributed by atoms with van der Waals surface area (Å²) >= 11 is 0. The predicted octanol–water partition coefficient (Wildman–Crippen LogP) is 2.00. The zero-order valence-corrected chi connectivity index (χ0v) is 12.3. The Balaban J connectivity index is 1.97. The average molecular weight is 282 g/mol. The fourth-order valence-corrected chi connectivity index (χ4v) is 3.29. The molecule has 1 unspecified atom stereocenters. The van der Waals surface area contributed by atoms with Crippen molar-refractivity contribution < 1.29 is 8.42 Å². The van der Waals surface area contributed by atoms with Gasteiger partial charge in [-0.3, -0.25) is 0 Å².